The average molecular weight is 360 g/mol. The molecule has 0 aliphatic carbocycles. The molecule has 2 aromatic rings. The highest BCUT2D eigenvalue weighted by molar-refractivity contribution is 7.99. The van der Waals surface area contributed by atoms with Gasteiger partial charge in [0.25, 0.3) is 0 Å². The van der Waals surface area contributed by atoms with E-state index >= 15 is 0 Å². The summed E-state index contributed by atoms with van der Waals surface area (Å²) in [6.07, 6.45) is -3.62. The molecule has 1 unspecified atom stereocenters. The fourth-order valence-corrected chi connectivity index (χ4v) is 3.40. The Morgan fingerprint density at radius 3 is 2.65 bits per heavy atom. The van der Waals surface area contributed by atoms with Gasteiger partial charge in [-0.3, -0.25) is 4.79 Å². The van der Waals surface area contributed by atoms with Crippen molar-refractivity contribution in [3.63, 3.8) is 0 Å². The number of pyridine rings is 1. The van der Waals surface area contributed by atoms with Crippen molar-refractivity contribution in [1.29, 1.82) is 0 Å². The highest BCUT2D eigenvalue weighted by Gasteiger charge is 2.30. The monoisotopic (exact) mass is 360 g/mol. The first-order valence-corrected chi connectivity index (χ1v) is 8.60. The summed E-state index contributed by atoms with van der Waals surface area (Å²) in [7, 11) is 1.72. The Hall–Kier alpha value is -1.54. The summed E-state index contributed by atoms with van der Waals surface area (Å²) in [6.45, 7) is 1.94. The van der Waals surface area contributed by atoms with Crippen LogP contribution in [0, 0.1) is 0 Å². The maximum Gasteiger partial charge on any atom is 0.417 e. The van der Waals surface area contributed by atoms with Crippen LogP contribution in [0.25, 0.3) is 0 Å². The Labute approximate surface area is 140 Å². The molecule has 124 valence electrons. The minimum Gasteiger partial charge on any atom is -0.337 e. The lowest BCUT2D eigenvalue weighted by Crippen LogP contribution is -2.30. The molecule has 2 heterocycles. The van der Waals surface area contributed by atoms with Gasteiger partial charge in [0.05, 0.1) is 22.4 Å². The van der Waals surface area contributed by atoms with Gasteiger partial charge in [-0.1, -0.05) is 17.8 Å². The van der Waals surface area contributed by atoms with Gasteiger partial charge in [0.1, 0.15) is 0 Å². The first kappa shape index (κ1) is 17.8. The van der Waals surface area contributed by atoms with Gasteiger partial charge in [-0.25, -0.2) is 4.98 Å². The quantitative estimate of drug-likeness (QED) is 0.738. The van der Waals surface area contributed by atoms with Crippen LogP contribution in [-0.4, -0.2) is 28.6 Å². The molecule has 0 spiro atoms. The van der Waals surface area contributed by atoms with Crippen LogP contribution in [0.2, 0.25) is 0 Å². The molecule has 3 nitrogen and oxygen atoms in total. The number of thioether (sulfide) groups is 1. The number of hydrogen-bond donors (Lipinski definition) is 0. The van der Waals surface area contributed by atoms with E-state index in [4.69, 9.17) is 0 Å². The number of hydrogen-bond acceptors (Lipinski definition) is 4. The molecule has 2 rings (SSSR count). The van der Waals surface area contributed by atoms with Crippen molar-refractivity contribution in [2.75, 3.05) is 12.8 Å². The number of carbonyl (C=O) groups excluding carboxylic acids is 1. The Bertz CT molecular complexity index is 642. The van der Waals surface area contributed by atoms with E-state index in [0.29, 0.717) is 5.03 Å². The standard InChI is InChI=1S/C15H15F3N2OS2/c1-10(12-4-3-7-22-12)20(2)14(21)9-23-13-6-5-11(8-19-13)15(16,17)18/h3-8,10H,9H2,1-2H3. The van der Waals surface area contributed by atoms with Crippen molar-refractivity contribution in [1.82, 2.24) is 9.88 Å². The van der Waals surface area contributed by atoms with E-state index in [0.717, 1.165) is 28.9 Å². The third kappa shape index (κ3) is 4.71. The molecule has 2 aromatic heterocycles. The van der Waals surface area contributed by atoms with Gasteiger partial charge in [-0.2, -0.15) is 13.2 Å². The van der Waals surface area contributed by atoms with Crippen LogP contribution in [0.3, 0.4) is 0 Å². The second kappa shape index (κ2) is 7.35. The number of aromatic nitrogens is 1. The highest BCUT2D eigenvalue weighted by atomic mass is 32.2. The van der Waals surface area contributed by atoms with Crippen molar-refractivity contribution in [2.45, 2.75) is 24.2 Å². The molecule has 8 heteroatoms. The minimum atomic E-state index is -4.40. The molecule has 1 atom stereocenters. The second-order valence-electron chi connectivity index (χ2n) is 4.87. The van der Waals surface area contributed by atoms with Gasteiger partial charge in [0.15, 0.2) is 0 Å². The molecular formula is C15H15F3N2OS2. The molecule has 0 bridgehead atoms. The zero-order chi connectivity index (χ0) is 17.0. The van der Waals surface area contributed by atoms with E-state index in [1.807, 2.05) is 24.4 Å². The van der Waals surface area contributed by atoms with Gasteiger partial charge in [0, 0.05) is 18.1 Å². The summed E-state index contributed by atoms with van der Waals surface area (Å²) in [5.41, 5.74) is -0.795. The van der Waals surface area contributed by atoms with E-state index in [1.165, 1.54) is 6.07 Å². The summed E-state index contributed by atoms with van der Waals surface area (Å²) in [4.78, 5) is 18.6. The van der Waals surface area contributed by atoms with Crippen molar-refractivity contribution >= 4 is 29.0 Å². The lowest BCUT2D eigenvalue weighted by atomic mass is 10.2. The average Bonchev–Trinajstić information content (AvgIpc) is 3.05. The molecule has 0 fully saturated rings. The number of nitrogens with zero attached hydrogens (tertiary/aromatic N) is 2. The molecule has 0 saturated carbocycles. The van der Waals surface area contributed by atoms with E-state index in [-0.39, 0.29) is 17.7 Å². The van der Waals surface area contributed by atoms with E-state index in [2.05, 4.69) is 4.98 Å². The molecular weight excluding hydrogens is 345 g/mol. The Balaban J connectivity index is 1.91. The first-order chi connectivity index (χ1) is 10.8. The largest absolute Gasteiger partial charge is 0.417 e. The van der Waals surface area contributed by atoms with Crippen LogP contribution in [0.4, 0.5) is 13.2 Å². The third-order valence-electron chi connectivity index (χ3n) is 3.34. The topological polar surface area (TPSA) is 33.2 Å². The van der Waals surface area contributed by atoms with Crippen LogP contribution < -0.4 is 0 Å². The highest BCUT2D eigenvalue weighted by Crippen LogP contribution is 2.30. The van der Waals surface area contributed by atoms with E-state index < -0.39 is 11.7 Å². The number of alkyl halides is 3. The van der Waals surface area contributed by atoms with Crippen molar-refractivity contribution in [3.05, 3.63) is 46.3 Å². The number of amides is 1. The zero-order valence-corrected chi connectivity index (χ0v) is 14.1. The normalized spacial score (nSPS) is 12.9. The number of carbonyl (C=O) groups is 1. The number of halogens is 3. The minimum absolute atomic E-state index is 0.0383. The Morgan fingerprint density at radius 2 is 2.13 bits per heavy atom. The lowest BCUT2D eigenvalue weighted by Gasteiger charge is -2.23. The van der Waals surface area contributed by atoms with Gasteiger partial charge < -0.3 is 4.90 Å². The SMILES string of the molecule is CC(c1cccs1)N(C)C(=O)CSc1ccc(C(F)(F)F)cn1. The molecule has 23 heavy (non-hydrogen) atoms. The van der Waals surface area contributed by atoms with Crippen molar-refractivity contribution in [2.24, 2.45) is 0 Å². The van der Waals surface area contributed by atoms with Crippen molar-refractivity contribution < 1.29 is 18.0 Å². The molecule has 0 saturated heterocycles. The van der Waals surface area contributed by atoms with Crippen LogP contribution in [0.15, 0.2) is 40.9 Å². The Morgan fingerprint density at radius 1 is 1.39 bits per heavy atom. The summed E-state index contributed by atoms with van der Waals surface area (Å²) < 4.78 is 37.4. The second-order valence-corrected chi connectivity index (χ2v) is 6.84. The van der Waals surface area contributed by atoms with Gasteiger partial charge in [-0.15, -0.1) is 11.3 Å². The van der Waals surface area contributed by atoms with Gasteiger partial charge in [-0.05, 0) is 30.5 Å². The predicted molar refractivity (Wildman–Crippen MR) is 85.5 cm³/mol. The van der Waals surface area contributed by atoms with Crippen LogP contribution >= 0.6 is 23.1 Å². The lowest BCUT2D eigenvalue weighted by molar-refractivity contribution is -0.138. The number of rotatable bonds is 5. The predicted octanol–water partition coefficient (Wildman–Crippen LogP) is 4.47. The van der Waals surface area contributed by atoms with Crippen LogP contribution in [0.1, 0.15) is 23.4 Å². The van der Waals surface area contributed by atoms with Crippen LogP contribution in [-0.2, 0) is 11.0 Å². The zero-order valence-electron chi connectivity index (χ0n) is 12.5. The van der Waals surface area contributed by atoms with Crippen LogP contribution in [0.5, 0.6) is 0 Å². The van der Waals surface area contributed by atoms with Gasteiger partial charge >= 0.3 is 6.18 Å². The number of thiophene rings is 1. The van der Waals surface area contributed by atoms with E-state index in [9.17, 15) is 18.0 Å². The first-order valence-electron chi connectivity index (χ1n) is 6.74. The van der Waals surface area contributed by atoms with E-state index in [1.54, 1.807) is 23.3 Å². The van der Waals surface area contributed by atoms with Crippen molar-refractivity contribution in [3.8, 4) is 0 Å². The summed E-state index contributed by atoms with van der Waals surface area (Å²) in [5, 5.41) is 2.34. The molecule has 0 aliphatic rings. The smallest absolute Gasteiger partial charge is 0.337 e. The maximum absolute atomic E-state index is 12.5. The molecule has 1 amide bonds. The fraction of sp³-hybridized carbons (Fsp3) is 0.333. The molecule has 0 N–H and O–H groups in total. The van der Waals surface area contributed by atoms with Gasteiger partial charge in [0.2, 0.25) is 5.91 Å². The maximum atomic E-state index is 12.5. The summed E-state index contributed by atoms with van der Waals surface area (Å²) in [5.74, 6) is 0.0301. The summed E-state index contributed by atoms with van der Waals surface area (Å²) in [6, 6.07) is 6.10. The summed E-state index contributed by atoms with van der Waals surface area (Å²) >= 11 is 2.70. The molecule has 0 aromatic carbocycles. The third-order valence-corrected chi connectivity index (χ3v) is 5.31. The fourth-order valence-electron chi connectivity index (χ4n) is 1.81. The Kier molecular flexibility index (Phi) is 5.69. The molecule has 0 radical (unpaired) electrons. The molecule has 0 aliphatic heterocycles.